The summed E-state index contributed by atoms with van der Waals surface area (Å²) >= 11 is 3.06. The zero-order chi connectivity index (χ0) is 12.3. The molecule has 0 spiro atoms. The van der Waals surface area contributed by atoms with Crippen LogP contribution in [0.1, 0.15) is 5.56 Å². The SMILES string of the molecule is N#Cc1ccccc1Oc1ccc(Br)c(F)c1. The van der Waals surface area contributed by atoms with Crippen LogP contribution < -0.4 is 4.74 Å². The highest BCUT2D eigenvalue weighted by Crippen LogP contribution is 2.27. The highest BCUT2D eigenvalue weighted by molar-refractivity contribution is 9.10. The lowest BCUT2D eigenvalue weighted by molar-refractivity contribution is 0.474. The van der Waals surface area contributed by atoms with Crippen molar-refractivity contribution in [2.45, 2.75) is 0 Å². The van der Waals surface area contributed by atoms with Crippen LogP contribution in [-0.4, -0.2) is 0 Å². The molecule has 0 aliphatic heterocycles. The summed E-state index contributed by atoms with van der Waals surface area (Å²) in [6.45, 7) is 0. The van der Waals surface area contributed by atoms with Gasteiger partial charge in [-0.25, -0.2) is 4.39 Å². The first-order chi connectivity index (χ1) is 8.20. The molecule has 0 unspecified atom stereocenters. The molecule has 0 aliphatic carbocycles. The third kappa shape index (κ3) is 2.63. The van der Waals surface area contributed by atoms with Crippen LogP contribution in [0.4, 0.5) is 4.39 Å². The van der Waals surface area contributed by atoms with Gasteiger partial charge < -0.3 is 4.74 Å². The minimum absolute atomic E-state index is 0.355. The van der Waals surface area contributed by atoms with Crippen LogP contribution in [0.15, 0.2) is 46.9 Å². The standard InChI is InChI=1S/C13H7BrFNO/c14-11-6-5-10(7-12(11)15)17-13-4-2-1-3-9(13)8-16/h1-7H. The Balaban J connectivity index is 2.32. The maximum atomic E-state index is 13.3. The van der Waals surface area contributed by atoms with E-state index in [0.717, 1.165) is 0 Å². The van der Waals surface area contributed by atoms with Crippen molar-refractivity contribution in [2.24, 2.45) is 0 Å². The van der Waals surface area contributed by atoms with Gasteiger partial charge in [0.1, 0.15) is 23.4 Å². The molecular weight excluding hydrogens is 285 g/mol. The van der Waals surface area contributed by atoms with Gasteiger partial charge in [0.2, 0.25) is 0 Å². The van der Waals surface area contributed by atoms with Gasteiger partial charge in [0.15, 0.2) is 0 Å². The van der Waals surface area contributed by atoms with Gasteiger partial charge in [0.05, 0.1) is 10.0 Å². The van der Waals surface area contributed by atoms with Crippen LogP contribution >= 0.6 is 15.9 Å². The van der Waals surface area contributed by atoms with E-state index in [0.29, 0.717) is 21.5 Å². The monoisotopic (exact) mass is 291 g/mol. The van der Waals surface area contributed by atoms with E-state index in [9.17, 15) is 4.39 Å². The zero-order valence-corrected chi connectivity index (χ0v) is 10.2. The number of nitriles is 1. The van der Waals surface area contributed by atoms with Crippen molar-refractivity contribution in [1.82, 2.24) is 0 Å². The third-order valence-corrected chi connectivity index (χ3v) is 2.77. The fourth-order valence-electron chi connectivity index (χ4n) is 1.32. The smallest absolute Gasteiger partial charge is 0.145 e. The molecular formula is C13H7BrFNO. The lowest BCUT2D eigenvalue weighted by atomic mass is 10.2. The van der Waals surface area contributed by atoms with Gasteiger partial charge in [-0.2, -0.15) is 5.26 Å². The van der Waals surface area contributed by atoms with Crippen molar-refractivity contribution in [2.75, 3.05) is 0 Å². The molecule has 0 aliphatic rings. The molecule has 0 fully saturated rings. The van der Waals surface area contributed by atoms with E-state index in [1.165, 1.54) is 6.07 Å². The summed E-state index contributed by atoms with van der Waals surface area (Å²) < 4.78 is 19.1. The Morgan fingerprint density at radius 3 is 2.65 bits per heavy atom. The predicted octanol–water partition coefficient (Wildman–Crippen LogP) is 4.25. The molecule has 0 heterocycles. The molecule has 0 bridgehead atoms. The number of hydrogen-bond acceptors (Lipinski definition) is 2. The van der Waals surface area contributed by atoms with Crippen LogP contribution in [0.3, 0.4) is 0 Å². The number of halogens is 2. The van der Waals surface area contributed by atoms with Crippen LogP contribution in [0, 0.1) is 17.1 Å². The molecule has 0 N–H and O–H groups in total. The summed E-state index contributed by atoms with van der Waals surface area (Å²) in [5.74, 6) is 0.363. The first kappa shape index (κ1) is 11.6. The molecule has 0 amide bonds. The molecule has 0 aromatic heterocycles. The van der Waals surface area contributed by atoms with Crippen molar-refractivity contribution < 1.29 is 9.13 Å². The third-order valence-electron chi connectivity index (χ3n) is 2.13. The van der Waals surface area contributed by atoms with Crippen molar-refractivity contribution >= 4 is 15.9 Å². The summed E-state index contributed by atoms with van der Waals surface area (Å²) in [7, 11) is 0. The van der Waals surface area contributed by atoms with E-state index in [4.69, 9.17) is 10.00 Å². The number of nitrogens with zero attached hydrogens (tertiary/aromatic N) is 1. The van der Waals surface area contributed by atoms with E-state index in [1.54, 1.807) is 36.4 Å². The van der Waals surface area contributed by atoms with Gasteiger partial charge in [-0.3, -0.25) is 0 Å². The highest BCUT2D eigenvalue weighted by atomic mass is 79.9. The topological polar surface area (TPSA) is 33.0 Å². The van der Waals surface area contributed by atoms with Crippen LogP contribution in [0.25, 0.3) is 0 Å². The molecule has 0 atom stereocenters. The number of hydrogen-bond donors (Lipinski definition) is 0. The number of ether oxygens (including phenoxy) is 1. The largest absolute Gasteiger partial charge is 0.456 e. The van der Waals surface area contributed by atoms with Crippen LogP contribution in [0.5, 0.6) is 11.5 Å². The minimum atomic E-state index is -0.406. The average Bonchev–Trinajstić information content (AvgIpc) is 2.34. The summed E-state index contributed by atoms with van der Waals surface area (Å²) in [6, 6.07) is 13.3. The maximum Gasteiger partial charge on any atom is 0.145 e. The Morgan fingerprint density at radius 1 is 1.18 bits per heavy atom. The summed E-state index contributed by atoms with van der Waals surface area (Å²) in [6.07, 6.45) is 0. The Hall–Kier alpha value is -1.86. The van der Waals surface area contributed by atoms with E-state index in [2.05, 4.69) is 15.9 Å². The lowest BCUT2D eigenvalue weighted by Gasteiger charge is -2.07. The van der Waals surface area contributed by atoms with Gasteiger partial charge in [0, 0.05) is 6.07 Å². The molecule has 0 saturated heterocycles. The molecule has 17 heavy (non-hydrogen) atoms. The lowest BCUT2D eigenvalue weighted by Crippen LogP contribution is -1.88. The van der Waals surface area contributed by atoms with E-state index in [1.807, 2.05) is 6.07 Å². The molecule has 4 heteroatoms. The second-order valence-corrected chi connectivity index (χ2v) is 4.14. The summed E-state index contributed by atoms with van der Waals surface area (Å²) in [4.78, 5) is 0. The molecule has 2 aromatic carbocycles. The summed E-state index contributed by atoms with van der Waals surface area (Å²) in [5, 5.41) is 8.88. The fourth-order valence-corrected chi connectivity index (χ4v) is 1.56. The van der Waals surface area contributed by atoms with Crippen LogP contribution in [-0.2, 0) is 0 Å². The van der Waals surface area contributed by atoms with Gasteiger partial charge in [-0.05, 0) is 40.2 Å². The number of para-hydroxylation sites is 1. The van der Waals surface area contributed by atoms with E-state index >= 15 is 0 Å². The van der Waals surface area contributed by atoms with Crippen LogP contribution in [0.2, 0.25) is 0 Å². The van der Waals surface area contributed by atoms with Crippen molar-refractivity contribution in [3.05, 3.63) is 58.3 Å². The minimum Gasteiger partial charge on any atom is -0.456 e. The molecule has 0 radical (unpaired) electrons. The van der Waals surface area contributed by atoms with Gasteiger partial charge >= 0.3 is 0 Å². The molecule has 2 nitrogen and oxygen atoms in total. The Labute approximate surface area is 106 Å². The van der Waals surface area contributed by atoms with Gasteiger partial charge in [-0.15, -0.1) is 0 Å². The molecule has 2 rings (SSSR count). The molecule has 2 aromatic rings. The predicted molar refractivity (Wildman–Crippen MR) is 65.3 cm³/mol. The zero-order valence-electron chi connectivity index (χ0n) is 8.65. The first-order valence-corrected chi connectivity index (χ1v) is 5.62. The van der Waals surface area contributed by atoms with Gasteiger partial charge in [-0.1, -0.05) is 12.1 Å². The van der Waals surface area contributed by atoms with Crippen molar-refractivity contribution in [3.63, 3.8) is 0 Å². The van der Waals surface area contributed by atoms with Crippen molar-refractivity contribution in [1.29, 1.82) is 5.26 Å². The molecule has 84 valence electrons. The van der Waals surface area contributed by atoms with E-state index in [-0.39, 0.29) is 0 Å². The average molecular weight is 292 g/mol. The molecule has 0 saturated carbocycles. The Kier molecular flexibility index (Phi) is 3.40. The number of benzene rings is 2. The Morgan fingerprint density at radius 2 is 1.94 bits per heavy atom. The number of rotatable bonds is 2. The second kappa shape index (κ2) is 4.98. The quantitative estimate of drug-likeness (QED) is 0.828. The Bertz CT molecular complexity index is 592. The maximum absolute atomic E-state index is 13.3. The van der Waals surface area contributed by atoms with E-state index < -0.39 is 5.82 Å². The highest BCUT2D eigenvalue weighted by Gasteiger charge is 2.05. The first-order valence-electron chi connectivity index (χ1n) is 4.83. The second-order valence-electron chi connectivity index (χ2n) is 3.29. The normalized spacial score (nSPS) is 9.71. The fraction of sp³-hybridized carbons (Fsp3) is 0. The summed E-state index contributed by atoms with van der Waals surface area (Å²) in [5.41, 5.74) is 0.413. The van der Waals surface area contributed by atoms with Crippen molar-refractivity contribution in [3.8, 4) is 17.6 Å². The van der Waals surface area contributed by atoms with Gasteiger partial charge in [0.25, 0.3) is 0 Å².